The monoisotopic (exact) mass is 238 g/mol. The van der Waals surface area contributed by atoms with Gasteiger partial charge in [-0.1, -0.05) is 6.07 Å². The van der Waals surface area contributed by atoms with Crippen LogP contribution < -0.4 is 10.2 Å². The molecule has 0 aliphatic carbocycles. The van der Waals surface area contributed by atoms with E-state index in [2.05, 4.69) is 15.3 Å². The summed E-state index contributed by atoms with van der Waals surface area (Å²) in [6.07, 6.45) is 0.653. The minimum Gasteiger partial charge on any atom is -0.504 e. The van der Waals surface area contributed by atoms with Gasteiger partial charge in [-0.15, -0.1) is 0 Å². The molecule has 0 aliphatic heterocycles. The third-order valence-electron chi connectivity index (χ3n) is 1.89. The Morgan fingerprint density at radius 2 is 2.35 bits per heavy atom. The summed E-state index contributed by atoms with van der Waals surface area (Å²) in [4.78, 5) is 10.9. The molecule has 6 nitrogen and oxygen atoms in total. The summed E-state index contributed by atoms with van der Waals surface area (Å²) in [5, 5.41) is 13.3. The number of phenols is 1. The van der Waals surface area contributed by atoms with Crippen molar-refractivity contribution in [2.24, 2.45) is 5.10 Å². The van der Waals surface area contributed by atoms with Crippen molar-refractivity contribution < 1.29 is 19.4 Å². The molecule has 0 heterocycles. The van der Waals surface area contributed by atoms with Crippen molar-refractivity contribution in [3.63, 3.8) is 0 Å². The number of benzene rings is 1. The van der Waals surface area contributed by atoms with Gasteiger partial charge >= 0.3 is 6.09 Å². The molecule has 1 rings (SSSR count). The van der Waals surface area contributed by atoms with Gasteiger partial charge in [0.15, 0.2) is 11.5 Å². The van der Waals surface area contributed by atoms with Crippen LogP contribution in [-0.2, 0) is 4.74 Å². The molecule has 0 spiro atoms. The van der Waals surface area contributed by atoms with Gasteiger partial charge < -0.3 is 14.6 Å². The van der Waals surface area contributed by atoms with Crippen molar-refractivity contribution in [1.29, 1.82) is 0 Å². The number of hydrogen-bond acceptors (Lipinski definition) is 5. The molecule has 92 valence electrons. The molecule has 0 fully saturated rings. The van der Waals surface area contributed by atoms with Crippen LogP contribution in [0.4, 0.5) is 4.79 Å². The quantitative estimate of drug-likeness (QED) is 0.615. The molecule has 0 saturated heterocycles. The second-order valence-electron chi connectivity index (χ2n) is 2.99. The lowest BCUT2D eigenvalue weighted by molar-refractivity contribution is 0.152. The van der Waals surface area contributed by atoms with Gasteiger partial charge in [0.25, 0.3) is 0 Å². The number of hydrazone groups is 1. The summed E-state index contributed by atoms with van der Waals surface area (Å²) in [5.41, 5.74) is 2.58. The summed E-state index contributed by atoms with van der Waals surface area (Å²) in [7, 11) is 1.45. The van der Waals surface area contributed by atoms with Crippen LogP contribution in [0.3, 0.4) is 0 Å². The largest absolute Gasteiger partial charge is 0.504 e. The molecular weight excluding hydrogens is 224 g/mol. The van der Waals surface area contributed by atoms with Crippen molar-refractivity contribution in [2.75, 3.05) is 13.7 Å². The first-order valence-corrected chi connectivity index (χ1v) is 5.00. The Balaban J connectivity index is 2.68. The van der Waals surface area contributed by atoms with Gasteiger partial charge in [0.2, 0.25) is 0 Å². The van der Waals surface area contributed by atoms with Crippen LogP contribution in [0, 0.1) is 0 Å². The van der Waals surface area contributed by atoms with Gasteiger partial charge in [0.1, 0.15) is 0 Å². The second kappa shape index (κ2) is 6.37. The molecule has 1 aromatic rings. The fraction of sp³-hybridized carbons (Fsp3) is 0.273. The van der Waals surface area contributed by atoms with Crippen LogP contribution in [0.2, 0.25) is 0 Å². The van der Waals surface area contributed by atoms with Crippen molar-refractivity contribution in [3.05, 3.63) is 23.8 Å². The fourth-order valence-corrected chi connectivity index (χ4v) is 1.13. The number of aromatic hydroxyl groups is 1. The van der Waals surface area contributed by atoms with E-state index in [1.165, 1.54) is 13.3 Å². The number of hydrogen-bond donors (Lipinski definition) is 2. The number of nitrogens with one attached hydrogen (secondary N) is 1. The lowest BCUT2D eigenvalue weighted by Crippen LogP contribution is -2.18. The molecule has 0 unspecified atom stereocenters. The maximum Gasteiger partial charge on any atom is 0.427 e. The summed E-state index contributed by atoms with van der Waals surface area (Å²) in [6.45, 7) is 1.96. The van der Waals surface area contributed by atoms with Gasteiger partial charge in [-0.25, -0.2) is 10.2 Å². The number of carbonyl (C=O) groups excluding carboxylic acids is 1. The van der Waals surface area contributed by atoms with Gasteiger partial charge in [0.05, 0.1) is 19.9 Å². The number of para-hydroxylation sites is 1. The summed E-state index contributed by atoms with van der Waals surface area (Å²) >= 11 is 0. The first-order chi connectivity index (χ1) is 8.19. The number of methoxy groups -OCH3 is 1. The van der Waals surface area contributed by atoms with E-state index in [9.17, 15) is 9.90 Å². The molecule has 1 amide bonds. The highest BCUT2D eigenvalue weighted by molar-refractivity contribution is 5.85. The maximum absolute atomic E-state index is 10.9. The zero-order chi connectivity index (χ0) is 12.7. The Hall–Kier alpha value is -2.24. The predicted octanol–water partition coefficient (Wildman–Crippen LogP) is 1.48. The van der Waals surface area contributed by atoms with Gasteiger partial charge in [-0.3, -0.25) is 0 Å². The minimum absolute atomic E-state index is 0.0376. The highest BCUT2D eigenvalue weighted by Crippen LogP contribution is 2.27. The van der Waals surface area contributed by atoms with Crippen LogP contribution in [0.25, 0.3) is 0 Å². The number of rotatable bonds is 4. The van der Waals surface area contributed by atoms with Crippen LogP contribution in [0.5, 0.6) is 11.5 Å². The molecule has 0 aliphatic rings. The van der Waals surface area contributed by atoms with Gasteiger partial charge in [0, 0.05) is 5.56 Å². The molecule has 6 heteroatoms. The third-order valence-corrected chi connectivity index (χ3v) is 1.89. The number of ether oxygens (including phenoxy) is 2. The van der Waals surface area contributed by atoms with E-state index in [1.807, 2.05) is 0 Å². The molecule has 17 heavy (non-hydrogen) atoms. The SMILES string of the molecule is CCOC(=O)N/N=C/c1cccc(OC)c1O. The zero-order valence-electron chi connectivity index (χ0n) is 9.64. The lowest BCUT2D eigenvalue weighted by Gasteiger charge is -2.04. The molecule has 0 atom stereocenters. The molecule has 0 bridgehead atoms. The number of amides is 1. The Morgan fingerprint density at radius 3 is 3.00 bits per heavy atom. The van der Waals surface area contributed by atoms with Crippen molar-refractivity contribution in [1.82, 2.24) is 5.43 Å². The van der Waals surface area contributed by atoms with Crippen molar-refractivity contribution in [3.8, 4) is 11.5 Å². The van der Waals surface area contributed by atoms with E-state index in [0.29, 0.717) is 11.3 Å². The minimum atomic E-state index is -0.647. The second-order valence-corrected chi connectivity index (χ2v) is 2.99. The van der Waals surface area contributed by atoms with Gasteiger partial charge in [-0.2, -0.15) is 5.10 Å². The Bertz CT molecular complexity index is 418. The summed E-state index contributed by atoms with van der Waals surface area (Å²) < 4.78 is 9.53. The average molecular weight is 238 g/mol. The van der Waals surface area contributed by atoms with E-state index in [4.69, 9.17) is 4.74 Å². The molecule has 0 aromatic heterocycles. The normalized spacial score (nSPS) is 10.2. The standard InChI is InChI=1S/C11H14N2O4/c1-3-17-11(15)13-12-7-8-5-4-6-9(16-2)10(8)14/h4-7,14H,3H2,1-2H3,(H,13,15)/b12-7+. The third kappa shape index (κ3) is 3.67. The zero-order valence-corrected chi connectivity index (χ0v) is 9.64. The maximum atomic E-state index is 10.9. The van der Waals surface area contributed by atoms with E-state index >= 15 is 0 Å². The molecule has 1 aromatic carbocycles. The van der Waals surface area contributed by atoms with E-state index in [-0.39, 0.29) is 12.4 Å². The van der Waals surface area contributed by atoms with E-state index in [0.717, 1.165) is 0 Å². The molecule has 0 saturated carbocycles. The van der Waals surface area contributed by atoms with Crippen LogP contribution in [0.15, 0.2) is 23.3 Å². The lowest BCUT2D eigenvalue weighted by atomic mass is 10.2. The fourth-order valence-electron chi connectivity index (χ4n) is 1.13. The Kier molecular flexibility index (Phi) is 4.80. The highest BCUT2D eigenvalue weighted by Gasteiger charge is 2.04. The first-order valence-electron chi connectivity index (χ1n) is 5.00. The topological polar surface area (TPSA) is 80.2 Å². The first kappa shape index (κ1) is 12.8. The van der Waals surface area contributed by atoms with Gasteiger partial charge in [-0.05, 0) is 19.1 Å². The average Bonchev–Trinajstić information content (AvgIpc) is 2.32. The van der Waals surface area contributed by atoms with Crippen LogP contribution >= 0.6 is 0 Å². The van der Waals surface area contributed by atoms with Crippen LogP contribution in [-0.4, -0.2) is 31.1 Å². The number of nitrogens with zero attached hydrogens (tertiary/aromatic N) is 1. The number of phenolic OH excluding ortho intramolecular Hbond substituents is 1. The smallest absolute Gasteiger partial charge is 0.427 e. The van der Waals surface area contributed by atoms with E-state index < -0.39 is 6.09 Å². The predicted molar refractivity (Wildman–Crippen MR) is 62.4 cm³/mol. The van der Waals surface area contributed by atoms with Crippen molar-refractivity contribution in [2.45, 2.75) is 6.92 Å². The van der Waals surface area contributed by atoms with Crippen LogP contribution in [0.1, 0.15) is 12.5 Å². The molecule has 2 N–H and O–H groups in total. The Morgan fingerprint density at radius 1 is 1.59 bits per heavy atom. The highest BCUT2D eigenvalue weighted by atomic mass is 16.5. The number of carbonyl (C=O) groups is 1. The summed E-state index contributed by atoms with van der Waals surface area (Å²) in [5.74, 6) is 0.300. The van der Waals surface area contributed by atoms with E-state index in [1.54, 1.807) is 25.1 Å². The Labute approximate surface area is 98.9 Å². The van der Waals surface area contributed by atoms with Crippen molar-refractivity contribution >= 4 is 12.3 Å². The molecular formula is C11H14N2O4. The molecule has 0 radical (unpaired) electrons. The summed E-state index contributed by atoms with van der Waals surface area (Å²) in [6, 6.07) is 4.95.